The molecule has 2 N–H and O–H groups in total. The molecule has 0 atom stereocenters. The molecular formula is C13H12N2O. The Morgan fingerprint density at radius 1 is 1.31 bits per heavy atom. The predicted molar refractivity (Wildman–Crippen MR) is 64.3 cm³/mol. The monoisotopic (exact) mass is 212 g/mol. The molecule has 0 aliphatic carbocycles. The summed E-state index contributed by atoms with van der Waals surface area (Å²) < 4.78 is 0. The van der Waals surface area contributed by atoms with Crippen molar-refractivity contribution in [1.82, 2.24) is 9.97 Å². The first-order valence-electron chi connectivity index (χ1n) is 5.26. The van der Waals surface area contributed by atoms with Crippen LogP contribution in [0.5, 0.6) is 0 Å². The number of aromatic nitrogens is 2. The largest absolute Gasteiger partial charge is 0.392 e. The van der Waals surface area contributed by atoms with Crippen molar-refractivity contribution < 1.29 is 5.11 Å². The van der Waals surface area contributed by atoms with Crippen molar-refractivity contribution in [2.45, 2.75) is 13.5 Å². The maximum absolute atomic E-state index is 9.27. The van der Waals surface area contributed by atoms with Crippen LogP contribution in [0.1, 0.15) is 11.1 Å². The number of para-hydroxylation sites is 1. The van der Waals surface area contributed by atoms with Crippen molar-refractivity contribution in [3.8, 4) is 0 Å². The first-order chi connectivity index (χ1) is 7.79. The van der Waals surface area contributed by atoms with Crippen molar-refractivity contribution in [3.63, 3.8) is 0 Å². The second-order valence-corrected chi connectivity index (χ2v) is 4.03. The molecule has 0 amide bonds. The van der Waals surface area contributed by atoms with E-state index < -0.39 is 0 Å². The zero-order valence-electron chi connectivity index (χ0n) is 8.99. The van der Waals surface area contributed by atoms with Gasteiger partial charge in [0.2, 0.25) is 0 Å². The average molecular weight is 212 g/mol. The minimum absolute atomic E-state index is 0.0448. The summed E-state index contributed by atoms with van der Waals surface area (Å²) in [6.45, 7) is 2.07. The molecule has 0 aliphatic heterocycles. The number of benzene rings is 1. The molecule has 3 rings (SSSR count). The molecule has 2 aromatic heterocycles. The van der Waals surface area contributed by atoms with E-state index >= 15 is 0 Å². The Morgan fingerprint density at radius 2 is 2.19 bits per heavy atom. The highest BCUT2D eigenvalue weighted by Gasteiger charge is 2.07. The molecule has 1 aromatic carbocycles. The highest BCUT2D eigenvalue weighted by Crippen LogP contribution is 2.26. The van der Waals surface area contributed by atoms with Gasteiger partial charge < -0.3 is 10.1 Å². The molecule has 0 spiro atoms. The molecule has 3 aromatic rings. The summed E-state index contributed by atoms with van der Waals surface area (Å²) in [5.74, 6) is 0. The molecule has 0 radical (unpaired) electrons. The summed E-state index contributed by atoms with van der Waals surface area (Å²) >= 11 is 0. The molecule has 0 saturated heterocycles. The normalized spacial score (nSPS) is 11.4. The minimum atomic E-state index is 0.0448. The van der Waals surface area contributed by atoms with E-state index in [2.05, 4.69) is 22.1 Å². The fourth-order valence-corrected chi connectivity index (χ4v) is 2.10. The van der Waals surface area contributed by atoms with E-state index in [0.29, 0.717) is 0 Å². The zero-order valence-corrected chi connectivity index (χ0v) is 8.99. The van der Waals surface area contributed by atoms with E-state index in [4.69, 9.17) is 0 Å². The van der Waals surface area contributed by atoms with Crippen molar-refractivity contribution >= 4 is 21.9 Å². The van der Waals surface area contributed by atoms with E-state index in [1.807, 2.05) is 25.3 Å². The molecule has 0 fully saturated rings. The fourth-order valence-electron chi connectivity index (χ4n) is 2.10. The molecule has 0 saturated carbocycles. The number of rotatable bonds is 1. The average Bonchev–Trinajstić information content (AvgIpc) is 2.67. The van der Waals surface area contributed by atoms with Crippen LogP contribution in [0.3, 0.4) is 0 Å². The van der Waals surface area contributed by atoms with Gasteiger partial charge in [-0.05, 0) is 18.6 Å². The van der Waals surface area contributed by atoms with Gasteiger partial charge in [0.15, 0.2) is 0 Å². The van der Waals surface area contributed by atoms with Crippen LogP contribution in [0.4, 0.5) is 0 Å². The lowest BCUT2D eigenvalue weighted by molar-refractivity contribution is 0.283. The first-order valence-corrected chi connectivity index (χ1v) is 5.26. The lowest BCUT2D eigenvalue weighted by atomic mass is 10.1. The van der Waals surface area contributed by atoms with Gasteiger partial charge in [-0.15, -0.1) is 0 Å². The highest BCUT2D eigenvalue weighted by molar-refractivity contribution is 6.06. The molecule has 3 heteroatoms. The number of aromatic amines is 1. The minimum Gasteiger partial charge on any atom is -0.392 e. The summed E-state index contributed by atoms with van der Waals surface area (Å²) in [5, 5.41) is 11.5. The van der Waals surface area contributed by atoms with Crippen LogP contribution >= 0.6 is 0 Å². The first kappa shape index (κ1) is 9.36. The summed E-state index contributed by atoms with van der Waals surface area (Å²) in [7, 11) is 0. The standard InChI is InChI=1S/C13H12N2O/c1-8-5-11-10-4-2-3-9(7-16)12(10)15-13(11)14-6-8/h2-6,16H,7H2,1H3,(H,14,15). The van der Waals surface area contributed by atoms with E-state index in [1.165, 1.54) is 0 Å². The molecule has 0 unspecified atom stereocenters. The number of pyridine rings is 1. The number of aliphatic hydroxyl groups excluding tert-OH is 1. The Morgan fingerprint density at radius 3 is 3.00 bits per heavy atom. The second-order valence-electron chi connectivity index (χ2n) is 4.03. The molecule has 2 heterocycles. The van der Waals surface area contributed by atoms with Crippen molar-refractivity contribution in [2.75, 3.05) is 0 Å². The number of aryl methyl sites for hydroxylation is 1. The van der Waals surface area contributed by atoms with E-state index in [9.17, 15) is 5.11 Å². The van der Waals surface area contributed by atoms with E-state index in [-0.39, 0.29) is 6.61 Å². The van der Waals surface area contributed by atoms with Gasteiger partial charge in [-0.2, -0.15) is 0 Å². The van der Waals surface area contributed by atoms with Crippen LogP contribution in [0.25, 0.3) is 21.9 Å². The van der Waals surface area contributed by atoms with Gasteiger partial charge in [0.05, 0.1) is 12.1 Å². The number of nitrogens with zero attached hydrogens (tertiary/aromatic N) is 1. The van der Waals surface area contributed by atoms with Gasteiger partial charge in [-0.1, -0.05) is 18.2 Å². The maximum Gasteiger partial charge on any atom is 0.138 e. The van der Waals surface area contributed by atoms with Crippen molar-refractivity contribution in [1.29, 1.82) is 0 Å². The second kappa shape index (κ2) is 3.32. The molecule has 0 aliphatic rings. The number of H-pyrrole nitrogens is 1. The van der Waals surface area contributed by atoms with Crippen LogP contribution in [0.15, 0.2) is 30.5 Å². The lowest BCUT2D eigenvalue weighted by Crippen LogP contribution is -1.83. The van der Waals surface area contributed by atoms with E-state index in [1.54, 1.807) is 0 Å². The third-order valence-corrected chi connectivity index (χ3v) is 2.88. The summed E-state index contributed by atoms with van der Waals surface area (Å²) in [6.07, 6.45) is 1.84. The lowest BCUT2D eigenvalue weighted by Gasteiger charge is -1.97. The maximum atomic E-state index is 9.27. The summed E-state index contributed by atoms with van der Waals surface area (Å²) in [6, 6.07) is 8.05. The summed E-state index contributed by atoms with van der Waals surface area (Å²) in [5.41, 5.74) is 3.91. The third kappa shape index (κ3) is 1.22. The van der Waals surface area contributed by atoms with Crippen molar-refractivity contribution in [3.05, 3.63) is 41.6 Å². The zero-order chi connectivity index (χ0) is 11.1. The van der Waals surface area contributed by atoms with Gasteiger partial charge >= 0.3 is 0 Å². The quantitative estimate of drug-likeness (QED) is 0.651. The molecular weight excluding hydrogens is 200 g/mol. The van der Waals surface area contributed by atoms with Crippen LogP contribution in [0.2, 0.25) is 0 Å². The number of hydrogen-bond donors (Lipinski definition) is 2. The Kier molecular flexibility index (Phi) is 1.94. The van der Waals surface area contributed by atoms with Crippen LogP contribution in [-0.2, 0) is 6.61 Å². The van der Waals surface area contributed by atoms with Crippen LogP contribution < -0.4 is 0 Å². The summed E-state index contributed by atoms with van der Waals surface area (Å²) in [4.78, 5) is 7.61. The molecule has 80 valence electrons. The van der Waals surface area contributed by atoms with Crippen LogP contribution in [-0.4, -0.2) is 15.1 Å². The van der Waals surface area contributed by atoms with Gasteiger partial charge in [0, 0.05) is 22.5 Å². The molecule has 16 heavy (non-hydrogen) atoms. The Hall–Kier alpha value is -1.87. The molecule has 3 nitrogen and oxygen atoms in total. The Bertz CT molecular complexity index is 670. The number of hydrogen-bond acceptors (Lipinski definition) is 2. The van der Waals surface area contributed by atoms with Gasteiger partial charge in [0.1, 0.15) is 5.65 Å². The van der Waals surface area contributed by atoms with Gasteiger partial charge in [-0.3, -0.25) is 0 Å². The highest BCUT2D eigenvalue weighted by atomic mass is 16.3. The topological polar surface area (TPSA) is 48.9 Å². The number of fused-ring (bicyclic) bond motifs is 3. The van der Waals surface area contributed by atoms with Gasteiger partial charge in [0.25, 0.3) is 0 Å². The Labute approximate surface area is 92.7 Å². The van der Waals surface area contributed by atoms with Crippen LogP contribution in [0, 0.1) is 6.92 Å². The van der Waals surface area contributed by atoms with Crippen molar-refractivity contribution in [2.24, 2.45) is 0 Å². The predicted octanol–water partition coefficient (Wildman–Crippen LogP) is 2.52. The fraction of sp³-hybridized carbons (Fsp3) is 0.154. The third-order valence-electron chi connectivity index (χ3n) is 2.88. The van der Waals surface area contributed by atoms with Gasteiger partial charge in [-0.25, -0.2) is 4.98 Å². The number of nitrogens with one attached hydrogen (secondary N) is 1. The molecule has 0 bridgehead atoms. The smallest absolute Gasteiger partial charge is 0.138 e. The number of aliphatic hydroxyl groups is 1. The Balaban J connectivity index is 2.50. The SMILES string of the molecule is Cc1cnc2[nH]c3c(CO)cccc3c2c1. The van der Waals surface area contributed by atoms with E-state index in [0.717, 1.165) is 33.1 Å².